The van der Waals surface area contributed by atoms with Crippen LogP contribution in [-0.2, 0) is 0 Å². The fourth-order valence-corrected chi connectivity index (χ4v) is 2.22. The minimum atomic E-state index is -0.106. The first kappa shape index (κ1) is 13.9. The molecule has 1 aromatic heterocycles. The molecule has 1 atom stereocenters. The number of nitrogens with zero attached hydrogens (tertiary/aromatic N) is 2. The zero-order valence-corrected chi connectivity index (χ0v) is 11.8. The van der Waals surface area contributed by atoms with Crippen molar-refractivity contribution in [1.29, 1.82) is 0 Å². The molecule has 1 heterocycles. The molecule has 0 saturated heterocycles. The van der Waals surface area contributed by atoms with Crippen LogP contribution in [0.25, 0.3) is 0 Å². The summed E-state index contributed by atoms with van der Waals surface area (Å²) in [6.45, 7) is 6.38. The van der Waals surface area contributed by atoms with Gasteiger partial charge in [-0.1, -0.05) is 13.8 Å². The highest BCUT2D eigenvalue weighted by molar-refractivity contribution is 5.95. The third-order valence-electron chi connectivity index (χ3n) is 3.49. The van der Waals surface area contributed by atoms with E-state index in [1.807, 2.05) is 20.8 Å². The Bertz CT molecular complexity index is 469. The molecular formula is C14H22N4O. The van der Waals surface area contributed by atoms with E-state index in [1.54, 1.807) is 6.20 Å². The third-order valence-corrected chi connectivity index (χ3v) is 3.49. The van der Waals surface area contributed by atoms with Crippen molar-refractivity contribution >= 4 is 5.91 Å². The maximum atomic E-state index is 12.3. The van der Waals surface area contributed by atoms with Crippen LogP contribution in [0.4, 0.5) is 0 Å². The molecule has 0 bridgehead atoms. The van der Waals surface area contributed by atoms with Crippen molar-refractivity contribution in [3.8, 4) is 0 Å². The van der Waals surface area contributed by atoms with E-state index in [0.29, 0.717) is 23.9 Å². The normalized spacial score (nSPS) is 16.5. The summed E-state index contributed by atoms with van der Waals surface area (Å²) >= 11 is 0. The average molecular weight is 262 g/mol. The van der Waals surface area contributed by atoms with Crippen molar-refractivity contribution in [2.75, 3.05) is 6.54 Å². The van der Waals surface area contributed by atoms with Crippen LogP contribution in [-0.4, -0.2) is 28.5 Å². The van der Waals surface area contributed by atoms with E-state index < -0.39 is 0 Å². The number of carbonyl (C=O) groups excluding carboxylic acids is 1. The van der Waals surface area contributed by atoms with Gasteiger partial charge < -0.3 is 11.1 Å². The van der Waals surface area contributed by atoms with Crippen molar-refractivity contribution in [2.45, 2.75) is 45.6 Å². The number of rotatable bonds is 5. The first-order valence-electron chi connectivity index (χ1n) is 6.87. The van der Waals surface area contributed by atoms with E-state index in [9.17, 15) is 4.79 Å². The number of aryl methyl sites for hydroxylation is 1. The van der Waals surface area contributed by atoms with Gasteiger partial charge in [0.15, 0.2) is 0 Å². The van der Waals surface area contributed by atoms with Gasteiger partial charge in [-0.3, -0.25) is 4.79 Å². The molecule has 0 spiro atoms. The monoisotopic (exact) mass is 262 g/mol. The average Bonchev–Trinajstić information content (AvgIpc) is 3.19. The molecular weight excluding hydrogens is 240 g/mol. The van der Waals surface area contributed by atoms with Gasteiger partial charge in [0, 0.05) is 18.8 Å². The van der Waals surface area contributed by atoms with Crippen LogP contribution < -0.4 is 11.1 Å². The zero-order valence-electron chi connectivity index (χ0n) is 11.8. The van der Waals surface area contributed by atoms with Crippen molar-refractivity contribution < 1.29 is 4.79 Å². The predicted molar refractivity (Wildman–Crippen MR) is 73.9 cm³/mol. The number of aromatic nitrogens is 2. The van der Waals surface area contributed by atoms with Crippen LogP contribution >= 0.6 is 0 Å². The van der Waals surface area contributed by atoms with Gasteiger partial charge in [-0.05, 0) is 31.6 Å². The summed E-state index contributed by atoms with van der Waals surface area (Å²) in [5, 5.41) is 3.02. The highest BCUT2D eigenvalue weighted by atomic mass is 16.1. The second kappa shape index (κ2) is 5.65. The van der Waals surface area contributed by atoms with Gasteiger partial charge in [0.1, 0.15) is 5.82 Å². The second-order valence-electron chi connectivity index (χ2n) is 5.52. The standard InChI is InChI=1S/C14H22N4O/c1-8(2)13-11(7-16-9(3)17-13)14(19)18-12(6-15)10-4-5-10/h7-8,10,12H,4-6,15H2,1-3H3,(H,18,19). The van der Waals surface area contributed by atoms with E-state index >= 15 is 0 Å². The number of amides is 1. The Balaban J connectivity index is 2.18. The minimum Gasteiger partial charge on any atom is -0.348 e. The molecule has 1 amide bonds. The minimum absolute atomic E-state index is 0.0776. The SMILES string of the molecule is Cc1ncc(C(=O)NC(CN)C2CC2)c(C(C)C)n1. The molecule has 3 N–H and O–H groups in total. The van der Waals surface area contributed by atoms with Gasteiger partial charge in [-0.2, -0.15) is 0 Å². The zero-order chi connectivity index (χ0) is 14.0. The molecule has 5 nitrogen and oxygen atoms in total. The summed E-state index contributed by atoms with van der Waals surface area (Å²) in [7, 11) is 0. The number of carbonyl (C=O) groups is 1. The first-order chi connectivity index (χ1) is 9.02. The van der Waals surface area contributed by atoms with Crippen LogP contribution in [0.5, 0.6) is 0 Å². The summed E-state index contributed by atoms with van der Waals surface area (Å²) in [5.41, 5.74) is 7.09. The quantitative estimate of drug-likeness (QED) is 0.840. The summed E-state index contributed by atoms with van der Waals surface area (Å²) in [6.07, 6.45) is 3.93. The predicted octanol–water partition coefficient (Wildman–Crippen LogP) is 1.38. The molecule has 0 radical (unpaired) electrons. The Morgan fingerprint density at radius 3 is 2.74 bits per heavy atom. The lowest BCUT2D eigenvalue weighted by Crippen LogP contribution is -2.42. The van der Waals surface area contributed by atoms with Gasteiger partial charge in [-0.15, -0.1) is 0 Å². The smallest absolute Gasteiger partial charge is 0.254 e. The Labute approximate surface area is 114 Å². The van der Waals surface area contributed by atoms with E-state index in [1.165, 1.54) is 0 Å². The molecule has 1 saturated carbocycles. The summed E-state index contributed by atoms with van der Waals surface area (Å²) in [6, 6.07) is 0.0776. The van der Waals surface area contributed by atoms with E-state index in [0.717, 1.165) is 18.5 Å². The van der Waals surface area contributed by atoms with Crippen molar-refractivity contribution in [3.63, 3.8) is 0 Å². The largest absolute Gasteiger partial charge is 0.348 e. The van der Waals surface area contributed by atoms with Crippen LogP contribution in [0.3, 0.4) is 0 Å². The number of hydrogen-bond donors (Lipinski definition) is 2. The van der Waals surface area contributed by atoms with Crippen molar-refractivity contribution in [3.05, 3.63) is 23.3 Å². The molecule has 1 aliphatic rings. The van der Waals surface area contributed by atoms with Gasteiger partial charge in [0.25, 0.3) is 5.91 Å². The number of hydrogen-bond acceptors (Lipinski definition) is 4. The molecule has 0 aromatic carbocycles. The molecule has 0 aliphatic heterocycles. The van der Waals surface area contributed by atoms with Gasteiger partial charge in [0.2, 0.25) is 0 Å². The Morgan fingerprint density at radius 1 is 1.53 bits per heavy atom. The lowest BCUT2D eigenvalue weighted by atomic mass is 10.0. The summed E-state index contributed by atoms with van der Waals surface area (Å²) < 4.78 is 0. The topological polar surface area (TPSA) is 80.9 Å². The summed E-state index contributed by atoms with van der Waals surface area (Å²) in [4.78, 5) is 20.9. The van der Waals surface area contributed by atoms with Gasteiger partial charge in [-0.25, -0.2) is 9.97 Å². The summed E-state index contributed by atoms with van der Waals surface area (Å²) in [5.74, 6) is 1.33. The molecule has 104 valence electrons. The number of nitrogens with two attached hydrogens (primary N) is 1. The van der Waals surface area contributed by atoms with Crippen molar-refractivity contribution in [2.24, 2.45) is 11.7 Å². The van der Waals surface area contributed by atoms with Crippen LogP contribution in [0.1, 0.15) is 54.5 Å². The Hall–Kier alpha value is -1.49. The first-order valence-corrected chi connectivity index (χ1v) is 6.87. The Morgan fingerprint density at radius 2 is 2.21 bits per heavy atom. The van der Waals surface area contributed by atoms with Gasteiger partial charge in [0.05, 0.1) is 11.3 Å². The maximum Gasteiger partial charge on any atom is 0.254 e. The highest BCUT2D eigenvalue weighted by Gasteiger charge is 2.32. The van der Waals surface area contributed by atoms with Crippen LogP contribution in [0.2, 0.25) is 0 Å². The molecule has 2 rings (SSSR count). The lowest BCUT2D eigenvalue weighted by molar-refractivity contribution is 0.0931. The molecule has 1 fully saturated rings. The molecule has 1 unspecified atom stereocenters. The van der Waals surface area contributed by atoms with E-state index in [-0.39, 0.29) is 17.9 Å². The van der Waals surface area contributed by atoms with Gasteiger partial charge >= 0.3 is 0 Å². The maximum absolute atomic E-state index is 12.3. The van der Waals surface area contributed by atoms with E-state index in [2.05, 4.69) is 15.3 Å². The highest BCUT2D eigenvalue weighted by Crippen LogP contribution is 2.32. The number of nitrogens with one attached hydrogen (secondary N) is 1. The molecule has 1 aromatic rings. The molecule has 5 heteroatoms. The fraction of sp³-hybridized carbons (Fsp3) is 0.643. The van der Waals surface area contributed by atoms with Crippen LogP contribution in [0, 0.1) is 12.8 Å². The fourth-order valence-electron chi connectivity index (χ4n) is 2.22. The van der Waals surface area contributed by atoms with E-state index in [4.69, 9.17) is 5.73 Å². The Kier molecular flexibility index (Phi) is 4.14. The second-order valence-corrected chi connectivity index (χ2v) is 5.52. The molecule has 1 aliphatic carbocycles. The third kappa shape index (κ3) is 3.29. The van der Waals surface area contributed by atoms with Crippen LogP contribution in [0.15, 0.2) is 6.20 Å². The molecule has 19 heavy (non-hydrogen) atoms. The lowest BCUT2D eigenvalue weighted by Gasteiger charge is -2.18. The van der Waals surface area contributed by atoms with Crippen molar-refractivity contribution in [1.82, 2.24) is 15.3 Å².